The number of benzene rings is 1. The van der Waals surface area contributed by atoms with Crippen molar-refractivity contribution >= 4 is 5.91 Å². The molecule has 4 heteroatoms. The zero-order valence-corrected chi connectivity index (χ0v) is 14.5. The second kappa shape index (κ2) is 7.67. The summed E-state index contributed by atoms with van der Waals surface area (Å²) in [5.41, 5.74) is 1.86. The van der Waals surface area contributed by atoms with Gasteiger partial charge in [0.15, 0.2) is 0 Å². The van der Waals surface area contributed by atoms with E-state index in [4.69, 9.17) is 4.42 Å². The Morgan fingerprint density at radius 1 is 1.08 bits per heavy atom. The maximum atomic E-state index is 12.4. The zero-order valence-electron chi connectivity index (χ0n) is 14.5. The van der Waals surface area contributed by atoms with Gasteiger partial charge in [-0.05, 0) is 64.0 Å². The molecule has 1 aromatic heterocycles. The molecule has 1 saturated heterocycles. The summed E-state index contributed by atoms with van der Waals surface area (Å²) in [7, 11) is 0. The van der Waals surface area contributed by atoms with Gasteiger partial charge in [-0.3, -0.25) is 9.69 Å². The van der Waals surface area contributed by atoms with E-state index in [1.54, 1.807) is 0 Å². The minimum atomic E-state index is -0.0275. The number of piperidine rings is 1. The van der Waals surface area contributed by atoms with Crippen LogP contribution in [0.15, 0.2) is 40.8 Å². The average Bonchev–Trinajstić information content (AvgIpc) is 3.02. The van der Waals surface area contributed by atoms with Gasteiger partial charge in [-0.25, -0.2) is 0 Å². The maximum absolute atomic E-state index is 12.4. The predicted octanol–water partition coefficient (Wildman–Crippen LogP) is 3.85. The number of likely N-dealkylation sites (tertiary alicyclic amines) is 1. The van der Waals surface area contributed by atoms with E-state index < -0.39 is 0 Å². The standard InChI is InChI=1S/C20H26N2O2/c1-15-6-9-17(10-7-15)20(23)21-14-18(19-11-8-16(2)24-19)22-12-4-3-5-13-22/h6-11,18H,3-5,12-14H2,1-2H3,(H,21,23)/t18-/m1/s1. The third-order valence-corrected chi connectivity index (χ3v) is 4.69. The summed E-state index contributed by atoms with van der Waals surface area (Å²) in [6.07, 6.45) is 3.71. The Morgan fingerprint density at radius 3 is 2.42 bits per heavy atom. The van der Waals surface area contributed by atoms with Crippen molar-refractivity contribution in [1.29, 1.82) is 0 Å². The first-order valence-corrected chi connectivity index (χ1v) is 8.79. The lowest BCUT2D eigenvalue weighted by atomic mass is 10.1. The fraction of sp³-hybridized carbons (Fsp3) is 0.450. The summed E-state index contributed by atoms with van der Waals surface area (Å²) in [6, 6.07) is 11.8. The maximum Gasteiger partial charge on any atom is 0.251 e. The molecule has 0 aliphatic carbocycles. The van der Waals surface area contributed by atoms with Crippen molar-refractivity contribution in [2.75, 3.05) is 19.6 Å². The number of carbonyl (C=O) groups excluding carboxylic acids is 1. The third kappa shape index (κ3) is 4.06. The normalized spacial score (nSPS) is 16.8. The first-order valence-electron chi connectivity index (χ1n) is 8.79. The summed E-state index contributed by atoms with van der Waals surface area (Å²) in [5.74, 6) is 1.83. The van der Waals surface area contributed by atoms with E-state index in [0.29, 0.717) is 12.1 Å². The van der Waals surface area contributed by atoms with Crippen LogP contribution in [-0.2, 0) is 0 Å². The Morgan fingerprint density at radius 2 is 1.79 bits per heavy atom. The number of furan rings is 1. The molecule has 0 saturated carbocycles. The predicted molar refractivity (Wildman–Crippen MR) is 95.1 cm³/mol. The van der Waals surface area contributed by atoms with E-state index >= 15 is 0 Å². The van der Waals surface area contributed by atoms with Crippen molar-refractivity contribution < 1.29 is 9.21 Å². The number of nitrogens with one attached hydrogen (secondary N) is 1. The molecular formula is C20H26N2O2. The lowest BCUT2D eigenvalue weighted by molar-refractivity contribution is 0.0913. The monoisotopic (exact) mass is 326 g/mol. The second-order valence-electron chi connectivity index (χ2n) is 6.64. The molecule has 1 aromatic carbocycles. The van der Waals surface area contributed by atoms with Crippen LogP contribution in [0.1, 0.15) is 52.7 Å². The third-order valence-electron chi connectivity index (χ3n) is 4.69. The van der Waals surface area contributed by atoms with Crippen LogP contribution in [0.4, 0.5) is 0 Å². The summed E-state index contributed by atoms with van der Waals surface area (Å²) in [6.45, 7) is 6.67. The average molecular weight is 326 g/mol. The van der Waals surface area contributed by atoms with Gasteiger partial charge in [-0.15, -0.1) is 0 Å². The molecule has 1 fully saturated rings. The molecule has 1 atom stereocenters. The van der Waals surface area contributed by atoms with Crippen LogP contribution in [-0.4, -0.2) is 30.4 Å². The summed E-state index contributed by atoms with van der Waals surface area (Å²) in [5, 5.41) is 3.08. The number of hydrogen-bond donors (Lipinski definition) is 1. The highest BCUT2D eigenvalue weighted by molar-refractivity contribution is 5.94. The molecule has 1 aliphatic heterocycles. The topological polar surface area (TPSA) is 45.5 Å². The molecular weight excluding hydrogens is 300 g/mol. The molecule has 0 spiro atoms. The molecule has 2 heterocycles. The molecule has 0 unspecified atom stereocenters. The zero-order chi connectivity index (χ0) is 16.9. The van der Waals surface area contributed by atoms with Crippen LogP contribution in [0.25, 0.3) is 0 Å². The van der Waals surface area contributed by atoms with E-state index in [2.05, 4.69) is 10.2 Å². The molecule has 4 nitrogen and oxygen atoms in total. The van der Waals surface area contributed by atoms with E-state index in [1.807, 2.05) is 50.2 Å². The number of amides is 1. The molecule has 1 N–H and O–H groups in total. The van der Waals surface area contributed by atoms with Crippen molar-refractivity contribution in [2.45, 2.75) is 39.2 Å². The minimum absolute atomic E-state index is 0.0275. The number of rotatable bonds is 5. The van der Waals surface area contributed by atoms with E-state index in [9.17, 15) is 4.79 Å². The first kappa shape index (κ1) is 16.8. The Kier molecular flexibility index (Phi) is 5.36. The van der Waals surface area contributed by atoms with Gasteiger partial charge >= 0.3 is 0 Å². The first-order chi connectivity index (χ1) is 11.6. The van der Waals surface area contributed by atoms with Crippen molar-refractivity contribution in [3.8, 4) is 0 Å². The molecule has 24 heavy (non-hydrogen) atoms. The number of carbonyl (C=O) groups is 1. The van der Waals surface area contributed by atoms with E-state index in [-0.39, 0.29) is 11.9 Å². The van der Waals surface area contributed by atoms with Crippen LogP contribution < -0.4 is 5.32 Å². The SMILES string of the molecule is Cc1ccc(C(=O)NC[C@H](c2ccc(C)o2)N2CCCCC2)cc1. The molecule has 0 radical (unpaired) electrons. The lowest BCUT2D eigenvalue weighted by Crippen LogP contribution is -2.40. The van der Waals surface area contributed by atoms with E-state index in [1.165, 1.54) is 19.3 Å². The fourth-order valence-corrected chi connectivity index (χ4v) is 3.27. The Labute approximate surface area is 143 Å². The lowest BCUT2D eigenvalue weighted by Gasteiger charge is -2.33. The van der Waals surface area contributed by atoms with Gasteiger partial charge in [0.25, 0.3) is 5.91 Å². The second-order valence-corrected chi connectivity index (χ2v) is 6.64. The van der Waals surface area contributed by atoms with Gasteiger partial charge in [-0.2, -0.15) is 0 Å². The fourth-order valence-electron chi connectivity index (χ4n) is 3.27. The summed E-state index contributed by atoms with van der Waals surface area (Å²) >= 11 is 0. The van der Waals surface area contributed by atoms with Crippen LogP contribution >= 0.6 is 0 Å². The van der Waals surface area contributed by atoms with Crippen LogP contribution in [0.2, 0.25) is 0 Å². The van der Waals surface area contributed by atoms with Crippen molar-refractivity contribution in [3.05, 3.63) is 59.0 Å². The van der Waals surface area contributed by atoms with Gasteiger partial charge in [-0.1, -0.05) is 24.1 Å². The van der Waals surface area contributed by atoms with Crippen molar-refractivity contribution in [1.82, 2.24) is 10.2 Å². The van der Waals surface area contributed by atoms with Crippen molar-refractivity contribution in [3.63, 3.8) is 0 Å². The van der Waals surface area contributed by atoms with Crippen LogP contribution in [0.3, 0.4) is 0 Å². The molecule has 1 amide bonds. The van der Waals surface area contributed by atoms with Crippen molar-refractivity contribution in [2.24, 2.45) is 0 Å². The highest BCUT2D eigenvalue weighted by Crippen LogP contribution is 2.25. The minimum Gasteiger partial charge on any atom is -0.465 e. The molecule has 0 bridgehead atoms. The van der Waals surface area contributed by atoms with Gasteiger partial charge < -0.3 is 9.73 Å². The summed E-state index contributed by atoms with van der Waals surface area (Å²) in [4.78, 5) is 14.8. The summed E-state index contributed by atoms with van der Waals surface area (Å²) < 4.78 is 5.86. The highest BCUT2D eigenvalue weighted by Gasteiger charge is 2.25. The number of aryl methyl sites for hydroxylation is 2. The number of hydrogen-bond acceptors (Lipinski definition) is 3. The Hall–Kier alpha value is -2.07. The molecule has 3 rings (SSSR count). The molecule has 1 aliphatic rings. The number of nitrogens with zero attached hydrogens (tertiary/aromatic N) is 1. The van der Waals surface area contributed by atoms with Gasteiger partial charge in [0.2, 0.25) is 0 Å². The Bertz CT molecular complexity index is 669. The van der Waals surface area contributed by atoms with Crippen LogP contribution in [0.5, 0.6) is 0 Å². The molecule has 2 aromatic rings. The van der Waals surface area contributed by atoms with Gasteiger partial charge in [0.1, 0.15) is 11.5 Å². The molecule has 128 valence electrons. The quantitative estimate of drug-likeness (QED) is 0.907. The van der Waals surface area contributed by atoms with Gasteiger partial charge in [0, 0.05) is 12.1 Å². The largest absolute Gasteiger partial charge is 0.465 e. The smallest absolute Gasteiger partial charge is 0.251 e. The van der Waals surface area contributed by atoms with Gasteiger partial charge in [0.05, 0.1) is 6.04 Å². The van der Waals surface area contributed by atoms with E-state index in [0.717, 1.165) is 30.2 Å². The highest BCUT2D eigenvalue weighted by atomic mass is 16.3. The van der Waals surface area contributed by atoms with Crippen LogP contribution in [0, 0.1) is 13.8 Å². The Balaban J connectivity index is 1.69.